The Hall–Kier alpha value is -0.940. The number of rotatable bonds is 2. The molecule has 116 valence electrons. The number of hydrogen-bond donors (Lipinski definition) is 0. The first-order valence-electron chi connectivity index (χ1n) is 7.79. The highest BCUT2D eigenvalue weighted by Crippen LogP contribution is 2.27. The topological polar surface area (TPSA) is 15.7 Å². The molecular formula is C16H23FN2OS. The summed E-state index contributed by atoms with van der Waals surface area (Å²) in [7, 11) is 0. The molecule has 0 radical (unpaired) electrons. The molecule has 21 heavy (non-hydrogen) atoms. The molecule has 0 aromatic heterocycles. The first-order valence-corrected chi connectivity index (χ1v) is 8.95. The van der Waals surface area contributed by atoms with Crippen molar-refractivity contribution in [2.75, 3.05) is 54.3 Å². The van der Waals surface area contributed by atoms with Gasteiger partial charge in [-0.15, -0.1) is 0 Å². The van der Waals surface area contributed by atoms with Crippen molar-refractivity contribution >= 4 is 23.1 Å². The van der Waals surface area contributed by atoms with Crippen molar-refractivity contribution in [2.45, 2.75) is 19.3 Å². The SMILES string of the molecule is Fc1cc(N2CCCOC2)ccc1N1CCCSCCC1. The van der Waals surface area contributed by atoms with Gasteiger partial charge in [-0.2, -0.15) is 11.8 Å². The Labute approximate surface area is 130 Å². The Balaban J connectivity index is 1.73. The van der Waals surface area contributed by atoms with Gasteiger partial charge in [0.15, 0.2) is 0 Å². The van der Waals surface area contributed by atoms with Gasteiger partial charge in [0.05, 0.1) is 12.3 Å². The normalized spacial score (nSPS) is 21.0. The summed E-state index contributed by atoms with van der Waals surface area (Å²) in [5.41, 5.74) is 1.68. The number of ether oxygens (including phenoxy) is 1. The fourth-order valence-electron chi connectivity index (χ4n) is 2.92. The highest BCUT2D eigenvalue weighted by Gasteiger charge is 2.16. The molecule has 0 amide bonds. The van der Waals surface area contributed by atoms with Crippen LogP contribution in [0, 0.1) is 5.82 Å². The first-order chi connectivity index (χ1) is 10.3. The maximum atomic E-state index is 14.5. The molecule has 2 fully saturated rings. The van der Waals surface area contributed by atoms with E-state index in [4.69, 9.17) is 4.74 Å². The average molecular weight is 310 g/mol. The van der Waals surface area contributed by atoms with Crippen molar-refractivity contribution in [2.24, 2.45) is 0 Å². The molecule has 1 aromatic carbocycles. The molecule has 2 heterocycles. The largest absolute Gasteiger partial charge is 0.369 e. The van der Waals surface area contributed by atoms with Crippen LogP contribution in [0.2, 0.25) is 0 Å². The van der Waals surface area contributed by atoms with Crippen molar-refractivity contribution in [3.05, 3.63) is 24.0 Å². The molecule has 2 saturated heterocycles. The van der Waals surface area contributed by atoms with Crippen LogP contribution in [0.5, 0.6) is 0 Å². The van der Waals surface area contributed by atoms with E-state index < -0.39 is 0 Å². The Morgan fingerprint density at radius 3 is 2.43 bits per heavy atom. The van der Waals surface area contributed by atoms with E-state index in [2.05, 4.69) is 9.80 Å². The van der Waals surface area contributed by atoms with E-state index in [-0.39, 0.29) is 5.82 Å². The monoisotopic (exact) mass is 310 g/mol. The van der Waals surface area contributed by atoms with Gasteiger partial charge in [-0.1, -0.05) is 0 Å². The molecule has 3 rings (SSSR count). The molecule has 0 atom stereocenters. The number of nitrogens with zero attached hydrogens (tertiary/aromatic N) is 2. The van der Waals surface area contributed by atoms with Crippen molar-refractivity contribution in [1.82, 2.24) is 0 Å². The highest BCUT2D eigenvalue weighted by atomic mass is 32.2. The summed E-state index contributed by atoms with van der Waals surface area (Å²) in [6.45, 7) is 4.23. The predicted molar refractivity (Wildman–Crippen MR) is 88.0 cm³/mol. The van der Waals surface area contributed by atoms with Crippen LogP contribution in [0.3, 0.4) is 0 Å². The molecule has 0 bridgehead atoms. The summed E-state index contributed by atoms with van der Waals surface area (Å²) in [4.78, 5) is 4.30. The van der Waals surface area contributed by atoms with E-state index in [0.29, 0.717) is 6.73 Å². The van der Waals surface area contributed by atoms with Crippen LogP contribution >= 0.6 is 11.8 Å². The van der Waals surface area contributed by atoms with Gasteiger partial charge >= 0.3 is 0 Å². The Morgan fingerprint density at radius 1 is 1.00 bits per heavy atom. The van der Waals surface area contributed by atoms with Gasteiger partial charge in [0.1, 0.15) is 12.5 Å². The first kappa shape index (κ1) is 15.0. The van der Waals surface area contributed by atoms with Gasteiger partial charge in [-0.3, -0.25) is 0 Å². The lowest BCUT2D eigenvalue weighted by Gasteiger charge is -2.30. The van der Waals surface area contributed by atoms with E-state index >= 15 is 0 Å². The smallest absolute Gasteiger partial charge is 0.148 e. The van der Waals surface area contributed by atoms with Gasteiger partial charge in [0.25, 0.3) is 0 Å². The van der Waals surface area contributed by atoms with Crippen LogP contribution < -0.4 is 9.80 Å². The van der Waals surface area contributed by atoms with Crippen LogP contribution in [0.4, 0.5) is 15.8 Å². The molecule has 1 aromatic rings. The summed E-state index contributed by atoms with van der Waals surface area (Å²) in [5, 5.41) is 0. The van der Waals surface area contributed by atoms with Crippen molar-refractivity contribution < 1.29 is 9.13 Å². The Bertz CT molecular complexity index is 458. The lowest BCUT2D eigenvalue weighted by Crippen LogP contribution is -2.33. The second-order valence-corrected chi connectivity index (χ2v) is 6.82. The molecule has 2 aliphatic rings. The molecule has 0 spiro atoms. The summed E-state index contributed by atoms with van der Waals surface area (Å²) in [6, 6.07) is 5.63. The molecule has 3 nitrogen and oxygen atoms in total. The third kappa shape index (κ3) is 3.83. The standard InChI is InChI=1S/C16H23FN2OS/c17-15-12-14(19-6-1-9-20-13-19)4-5-16(15)18-7-2-10-21-11-3-8-18/h4-5,12H,1-3,6-11,13H2. The van der Waals surface area contributed by atoms with Crippen LogP contribution in [0.25, 0.3) is 0 Å². The van der Waals surface area contributed by atoms with Gasteiger partial charge < -0.3 is 14.5 Å². The minimum Gasteiger partial charge on any atom is -0.369 e. The molecule has 0 unspecified atom stereocenters. The second kappa shape index (κ2) is 7.36. The Morgan fingerprint density at radius 2 is 1.76 bits per heavy atom. The minimum absolute atomic E-state index is 0.105. The maximum Gasteiger partial charge on any atom is 0.148 e. The highest BCUT2D eigenvalue weighted by molar-refractivity contribution is 7.99. The van der Waals surface area contributed by atoms with E-state index in [0.717, 1.165) is 56.9 Å². The summed E-state index contributed by atoms with van der Waals surface area (Å²) >= 11 is 2.01. The average Bonchev–Trinajstić information content (AvgIpc) is 2.49. The number of hydrogen-bond acceptors (Lipinski definition) is 4. The quantitative estimate of drug-likeness (QED) is 0.832. The number of thioether (sulfide) groups is 1. The fraction of sp³-hybridized carbons (Fsp3) is 0.625. The van der Waals surface area contributed by atoms with Crippen molar-refractivity contribution in [3.8, 4) is 0 Å². The zero-order valence-corrected chi connectivity index (χ0v) is 13.2. The van der Waals surface area contributed by atoms with Crippen LogP contribution in [-0.4, -0.2) is 44.5 Å². The van der Waals surface area contributed by atoms with Gasteiger partial charge in [-0.25, -0.2) is 4.39 Å². The zero-order chi connectivity index (χ0) is 14.5. The molecule has 2 aliphatic heterocycles. The second-order valence-electron chi connectivity index (χ2n) is 5.60. The molecule has 5 heteroatoms. The minimum atomic E-state index is -0.105. The summed E-state index contributed by atoms with van der Waals surface area (Å²) in [5.74, 6) is 2.26. The molecule has 0 saturated carbocycles. The van der Waals surface area contributed by atoms with Crippen LogP contribution in [0.1, 0.15) is 19.3 Å². The maximum absolute atomic E-state index is 14.5. The predicted octanol–water partition coefficient (Wildman–Crippen LogP) is 3.34. The summed E-state index contributed by atoms with van der Waals surface area (Å²) in [6.07, 6.45) is 3.27. The van der Waals surface area contributed by atoms with Crippen molar-refractivity contribution in [3.63, 3.8) is 0 Å². The third-order valence-corrected chi connectivity index (χ3v) is 5.19. The number of halogens is 1. The molecule has 0 N–H and O–H groups in total. The van der Waals surface area contributed by atoms with Crippen LogP contribution in [0.15, 0.2) is 18.2 Å². The van der Waals surface area contributed by atoms with E-state index in [1.165, 1.54) is 11.5 Å². The van der Waals surface area contributed by atoms with Crippen molar-refractivity contribution in [1.29, 1.82) is 0 Å². The van der Waals surface area contributed by atoms with E-state index in [9.17, 15) is 4.39 Å². The van der Waals surface area contributed by atoms with Gasteiger partial charge in [0.2, 0.25) is 0 Å². The summed E-state index contributed by atoms with van der Waals surface area (Å²) < 4.78 is 20.0. The fourth-order valence-corrected chi connectivity index (χ4v) is 3.79. The zero-order valence-electron chi connectivity index (χ0n) is 12.4. The van der Waals surface area contributed by atoms with E-state index in [1.54, 1.807) is 6.07 Å². The lowest BCUT2D eigenvalue weighted by molar-refractivity contribution is 0.107. The Kier molecular flexibility index (Phi) is 5.25. The third-order valence-electron chi connectivity index (χ3n) is 4.03. The van der Waals surface area contributed by atoms with E-state index in [1.807, 2.05) is 23.9 Å². The lowest BCUT2D eigenvalue weighted by atomic mass is 10.2. The molecule has 0 aliphatic carbocycles. The van der Waals surface area contributed by atoms with Crippen LogP contribution in [-0.2, 0) is 4.74 Å². The molecular weight excluding hydrogens is 287 g/mol. The van der Waals surface area contributed by atoms with Gasteiger partial charge in [0, 0.05) is 25.3 Å². The number of benzene rings is 1. The number of anilines is 2. The van der Waals surface area contributed by atoms with Gasteiger partial charge in [-0.05, 0) is 49.0 Å².